The summed E-state index contributed by atoms with van der Waals surface area (Å²) in [6.07, 6.45) is 0.709. The number of benzene rings is 1. The highest BCUT2D eigenvalue weighted by molar-refractivity contribution is 14.0. The Morgan fingerprint density at radius 3 is 2.75 bits per heavy atom. The Bertz CT molecular complexity index is 604. The Hall–Kier alpha value is -1.13. The smallest absolute Gasteiger partial charge is 0.191 e. The zero-order chi connectivity index (χ0) is 19.6. The van der Waals surface area contributed by atoms with Crippen LogP contribution < -0.4 is 15.4 Å². The SMILES string of the molecule is CCNC(=NCC(CC)Oc1cccc(F)c1)NCC1CN(C)CCN1C.I. The molecule has 1 aliphatic rings. The molecule has 28 heavy (non-hydrogen) atoms. The van der Waals surface area contributed by atoms with Crippen molar-refractivity contribution in [3.8, 4) is 5.75 Å². The molecule has 0 amide bonds. The molecular weight excluding hydrogens is 472 g/mol. The molecule has 1 aromatic rings. The molecule has 2 rings (SSSR count). The van der Waals surface area contributed by atoms with Crippen LogP contribution in [0.1, 0.15) is 20.3 Å². The number of ether oxygens (including phenoxy) is 1. The Labute approximate surface area is 185 Å². The highest BCUT2D eigenvalue weighted by atomic mass is 127. The lowest BCUT2D eigenvalue weighted by Gasteiger charge is -2.38. The predicted molar refractivity (Wildman–Crippen MR) is 124 cm³/mol. The van der Waals surface area contributed by atoms with Gasteiger partial charge in [0.2, 0.25) is 0 Å². The van der Waals surface area contributed by atoms with Crippen molar-refractivity contribution in [3.63, 3.8) is 0 Å². The summed E-state index contributed by atoms with van der Waals surface area (Å²) < 4.78 is 19.2. The summed E-state index contributed by atoms with van der Waals surface area (Å²) in [5.41, 5.74) is 0. The molecule has 2 unspecified atom stereocenters. The molecule has 6 nitrogen and oxygen atoms in total. The second-order valence-corrected chi connectivity index (χ2v) is 7.10. The summed E-state index contributed by atoms with van der Waals surface area (Å²) in [6, 6.07) is 6.71. The molecule has 0 bridgehead atoms. The van der Waals surface area contributed by atoms with Gasteiger partial charge in [-0.1, -0.05) is 13.0 Å². The lowest BCUT2D eigenvalue weighted by atomic mass is 10.2. The highest BCUT2D eigenvalue weighted by Crippen LogP contribution is 2.15. The van der Waals surface area contributed by atoms with Gasteiger partial charge >= 0.3 is 0 Å². The number of guanidine groups is 1. The maximum Gasteiger partial charge on any atom is 0.191 e. The van der Waals surface area contributed by atoms with Crippen molar-refractivity contribution in [2.45, 2.75) is 32.4 Å². The van der Waals surface area contributed by atoms with Crippen molar-refractivity contribution in [1.82, 2.24) is 20.4 Å². The molecule has 1 aliphatic heterocycles. The van der Waals surface area contributed by atoms with E-state index in [9.17, 15) is 4.39 Å². The monoisotopic (exact) mass is 507 g/mol. The second-order valence-electron chi connectivity index (χ2n) is 7.10. The van der Waals surface area contributed by atoms with Gasteiger partial charge in [-0.25, -0.2) is 9.38 Å². The normalized spacial score (nSPS) is 19.6. The molecule has 0 aliphatic carbocycles. The molecule has 1 fully saturated rings. The van der Waals surface area contributed by atoms with E-state index in [2.05, 4.69) is 46.4 Å². The van der Waals surface area contributed by atoms with Crippen molar-refractivity contribution in [3.05, 3.63) is 30.1 Å². The summed E-state index contributed by atoms with van der Waals surface area (Å²) in [5, 5.41) is 6.74. The first-order valence-corrected chi connectivity index (χ1v) is 9.85. The molecule has 2 atom stereocenters. The van der Waals surface area contributed by atoms with Gasteiger partial charge in [0.15, 0.2) is 5.96 Å². The first-order valence-electron chi connectivity index (χ1n) is 9.85. The first-order chi connectivity index (χ1) is 13.0. The summed E-state index contributed by atoms with van der Waals surface area (Å²) >= 11 is 0. The maximum absolute atomic E-state index is 13.3. The summed E-state index contributed by atoms with van der Waals surface area (Å²) in [6.45, 7) is 9.49. The maximum atomic E-state index is 13.3. The van der Waals surface area contributed by atoms with E-state index < -0.39 is 0 Å². The van der Waals surface area contributed by atoms with Crippen LogP contribution in [0.2, 0.25) is 0 Å². The Morgan fingerprint density at radius 1 is 1.29 bits per heavy atom. The van der Waals surface area contributed by atoms with Gasteiger partial charge in [-0.05, 0) is 39.6 Å². The number of likely N-dealkylation sites (N-methyl/N-ethyl adjacent to an activating group) is 2. The van der Waals surface area contributed by atoms with E-state index in [1.54, 1.807) is 12.1 Å². The molecule has 1 aromatic carbocycles. The van der Waals surface area contributed by atoms with Crippen molar-refractivity contribution in [2.75, 3.05) is 53.4 Å². The molecule has 1 heterocycles. The zero-order valence-electron chi connectivity index (χ0n) is 17.4. The minimum absolute atomic E-state index is 0. The molecule has 0 spiro atoms. The quantitative estimate of drug-likeness (QED) is 0.322. The Balaban J connectivity index is 0.00000392. The van der Waals surface area contributed by atoms with Gasteiger partial charge in [-0.3, -0.25) is 4.90 Å². The lowest BCUT2D eigenvalue weighted by Crippen LogP contribution is -2.55. The van der Waals surface area contributed by atoms with Crippen LogP contribution in [0, 0.1) is 5.82 Å². The fraction of sp³-hybridized carbons (Fsp3) is 0.650. The molecular formula is C20H35FIN5O. The highest BCUT2D eigenvalue weighted by Gasteiger charge is 2.22. The van der Waals surface area contributed by atoms with E-state index in [-0.39, 0.29) is 35.9 Å². The molecule has 8 heteroatoms. The summed E-state index contributed by atoms with van der Waals surface area (Å²) in [7, 11) is 4.33. The molecule has 0 radical (unpaired) electrons. The van der Waals surface area contributed by atoms with Gasteiger partial charge in [0, 0.05) is 44.8 Å². The van der Waals surface area contributed by atoms with Crippen LogP contribution in [0.5, 0.6) is 5.75 Å². The third-order valence-corrected chi connectivity index (χ3v) is 4.84. The zero-order valence-corrected chi connectivity index (χ0v) is 19.8. The number of aliphatic imine (C=N–C) groups is 1. The molecule has 2 N–H and O–H groups in total. The lowest BCUT2D eigenvalue weighted by molar-refractivity contribution is 0.116. The van der Waals surface area contributed by atoms with Gasteiger partial charge in [-0.2, -0.15) is 0 Å². The average Bonchev–Trinajstić information content (AvgIpc) is 2.65. The van der Waals surface area contributed by atoms with Gasteiger partial charge < -0.3 is 20.3 Å². The number of hydrogen-bond donors (Lipinski definition) is 2. The van der Waals surface area contributed by atoms with Gasteiger partial charge in [0.05, 0.1) is 6.54 Å². The van der Waals surface area contributed by atoms with E-state index in [0.29, 0.717) is 18.3 Å². The third-order valence-electron chi connectivity index (χ3n) is 4.84. The van der Waals surface area contributed by atoms with Crippen molar-refractivity contribution < 1.29 is 9.13 Å². The Kier molecular flexibility index (Phi) is 11.7. The number of rotatable bonds is 8. The standard InChI is InChI=1S/C20H34FN5O.HI/c1-5-18(27-19-9-7-8-16(21)12-19)14-24-20(22-6-2)23-13-17-15-25(3)10-11-26(17)4;/h7-9,12,17-18H,5-6,10-11,13-15H2,1-4H3,(H2,22,23,24);1H. The number of nitrogens with zero attached hydrogens (tertiary/aromatic N) is 3. The molecule has 160 valence electrons. The Morgan fingerprint density at radius 2 is 2.07 bits per heavy atom. The summed E-state index contributed by atoms with van der Waals surface area (Å²) in [4.78, 5) is 9.42. The second kappa shape index (κ2) is 13.2. The van der Waals surface area contributed by atoms with E-state index in [1.807, 2.05) is 6.92 Å². The van der Waals surface area contributed by atoms with Crippen LogP contribution in [-0.4, -0.2) is 81.3 Å². The number of piperazine rings is 1. The topological polar surface area (TPSA) is 52.1 Å². The minimum atomic E-state index is -0.289. The predicted octanol–water partition coefficient (Wildman–Crippen LogP) is 2.40. The largest absolute Gasteiger partial charge is 0.488 e. The van der Waals surface area contributed by atoms with Crippen LogP contribution in [0.4, 0.5) is 4.39 Å². The van der Waals surface area contributed by atoms with Crippen molar-refractivity contribution >= 4 is 29.9 Å². The number of halogens is 2. The summed E-state index contributed by atoms with van der Waals surface area (Å²) in [5.74, 6) is 1.05. The fourth-order valence-corrected chi connectivity index (χ4v) is 3.05. The fourth-order valence-electron chi connectivity index (χ4n) is 3.05. The van der Waals surface area contributed by atoms with Crippen LogP contribution in [-0.2, 0) is 0 Å². The van der Waals surface area contributed by atoms with E-state index in [0.717, 1.165) is 45.1 Å². The van der Waals surface area contributed by atoms with Gasteiger partial charge in [0.1, 0.15) is 17.7 Å². The van der Waals surface area contributed by atoms with Gasteiger partial charge in [-0.15, -0.1) is 24.0 Å². The van der Waals surface area contributed by atoms with Crippen LogP contribution >= 0.6 is 24.0 Å². The van der Waals surface area contributed by atoms with Crippen LogP contribution in [0.3, 0.4) is 0 Å². The van der Waals surface area contributed by atoms with E-state index in [4.69, 9.17) is 4.74 Å². The average molecular weight is 507 g/mol. The molecule has 1 saturated heterocycles. The van der Waals surface area contributed by atoms with Crippen LogP contribution in [0.25, 0.3) is 0 Å². The van der Waals surface area contributed by atoms with Crippen molar-refractivity contribution in [2.24, 2.45) is 4.99 Å². The molecule has 0 aromatic heterocycles. The van der Waals surface area contributed by atoms with E-state index >= 15 is 0 Å². The van der Waals surface area contributed by atoms with E-state index in [1.165, 1.54) is 12.1 Å². The van der Waals surface area contributed by atoms with Gasteiger partial charge in [0.25, 0.3) is 0 Å². The molecule has 0 saturated carbocycles. The number of hydrogen-bond acceptors (Lipinski definition) is 4. The number of nitrogens with one attached hydrogen (secondary N) is 2. The minimum Gasteiger partial charge on any atom is -0.488 e. The third kappa shape index (κ3) is 8.48. The van der Waals surface area contributed by atoms with Crippen LogP contribution in [0.15, 0.2) is 29.3 Å². The first kappa shape index (κ1) is 24.9. The van der Waals surface area contributed by atoms with Crippen molar-refractivity contribution in [1.29, 1.82) is 0 Å².